The molecule has 0 aromatic rings. The second-order valence-electron chi connectivity index (χ2n) is 4.10. The molecule has 0 fully saturated rings. The first-order valence-electron chi connectivity index (χ1n) is 6.10. The van der Waals surface area contributed by atoms with Crippen molar-refractivity contribution in [2.45, 2.75) is 71.3 Å². The molecule has 1 atom stereocenters. The molecule has 0 radical (unpaired) electrons. The van der Waals surface area contributed by atoms with Gasteiger partial charge in [-0.05, 0) is 39.0 Å². The van der Waals surface area contributed by atoms with Crippen LogP contribution in [0.15, 0.2) is 12.2 Å². The van der Waals surface area contributed by atoms with Gasteiger partial charge in [-0.3, -0.25) is 0 Å². The lowest BCUT2D eigenvalue weighted by atomic mass is 10.1. The first-order chi connectivity index (χ1) is 6.77. The maximum absolute atomic E-state index is 9.03. The highest BCUT2D eigenvalue weighted by Gasteiger charge is 1.92. The Morgan fingerprint density at radius 2 is 1.64 bits per heavy atom. The minimum absolute atomic E-state index is 0.132. The minimum Gasteiger partial charge on any atom is -0.393 e. The van der Waals surface area contributed by atoms with Gasteiger partial charge >= 0.3 is 0 Å². The van der Waals surface area contributed by atoms with Crippen molar-refractivity contribution in [1.82, 2.24) is 0 Å². The predicted octanol–water partition coefficient (Wildman–Crippen LogP) is 4.06. The van der Waals surface area contributed by atoms with E-state index in [1.54, 1.807) is 0 Å². The van der Waals surface area contributed by atoms with Gasteiger partial charge < -0.3 is 5.11 Å². The minimum atomic E-state index is -0.132. The lowest BCUT2D eigenvalue weighted by Gasteiger charge is -2.00. The molecule has 0 aromatic carbocycles. The zero-order valence-corrected chi connectivity index (χ0v) is 9.84. The third-order valence-electron chi connectivity index (χ3n) is 2.38. The molecule has 1 nitrogen and oxygen atoms in total. The van der Waals surface area contributed by atoms with Crippen LogP contribution in [0.3, 0.4) is 0 Å². The third-order valence-corrected chi connectivity index (χ3v) is 2.38. The third kappa shape index (κ3) is 11.7. The second-order valence-corrected chi connectivity index (χ2v) is 4.10. The summed E-state index contributed by atoms with van der Waals surface area (Å²) in [5.41, 5.74) is 0. The Bertz CT molecular complexity index is 127. The Balaban J connectivity index is 3.04. The summed E-state index contributed by atoms with van der Waals surface area (Å²) in [6.45, 7) is 4.10. The fourth-order valence-corrected chi connectivity index (χ4v) is 1.46. The van der Waals surface area contributed by atoms with E-state index in [4.69, 9.17) is 5.11 Å². The monoisotopic (exact) mass is 198 g/mol. The summed E-state index contributed by atoms with van der Waals surface area (Å²) in [6, 6.07) is 0. The van der Waals surface area contributed by atoms with Crippen LogP contribution in [-0.4, -0.2) is 11.2 Å². The number of unbranched alkanes of at least 4 members (excludes halogenated alkanes) is 5. The average molecular weight is 198 g/mol. The van der Waals surface area contributed by atoms with Gasteiger partial charge in [0.2, 0.25) is 0 Å². The normalized spacial score (nSPS) is 13.6. The Hall–Kier alpha value is -0.300. The molecule has 0 aliphatic heterocycles. The molecule has 0 saturated carbocycles. The molecule has 1 heteroatoms. The van der Waals surface area contributed by atoms with Crippen molar-refractivity contribution in [1.29, 1.82) is 0 Å². The molecular weight excluding hydrogens is 172 g/mol. The quantitative estimate of drug-likeness (QED) is 0.437. The zero-order valence-electron chi connectivity index (χ0n) is 9.84. The van der Waals surface area contributed by atoms with Crippen LogP contribution >= 0.6 is 0 Å². The summed E-state index contributed by atoms with van der Waals surface area (Å²) in [7, 11) is 0. The molecule has 1 unspecified atom stereocenters. The Labute approximate surface area is 89.2 Å². The van der Waals surface area contributed by atoms with Crippen LogP contribution in [-0.2, 0) is 0 Å². The van der Waals surface area contributed by atoms with Gasteiger partial charge in [0.25, 0.3) is 0 Å². The maximum atomic E-state index is 9.03. The smallest absolute Gasteiger partial charge is 0.0512 e. The molecule has 1 N–H and O–H groups in total. The summed E-state index contributed by atoms with van der Waals surface area (Å²) >= 11 is 0. The SMILES string of the molecule is CCCCCC/C=C\CCCC(C)O. The number of rotatable bonds is 9. The topological polar surface area (TPSA) is 20.2 Å². The van der Waals surface area contributed by atoms with Gasteiger partial charge in [0.05, 0.1) is 6.10 Å². The largest absolute Gasteiger partial charge is 0.393 e. The standard InChI is InChI=1S/C13H26O/c1-3-4-5-6-7-8-9-10-11-12-13(2)14/h8-9,13-14H,3-7,10-12H2,1-2H3/b9-8-. The van der Waals surface area contributed by atoms with E-state index in [1.807, 2.05) is 6.92 Å². The molecule has 0 bridgehead atoms. The highest BCUT2D eigenvalue weighted by Crippen LogP contribution is 2.05. The van der Waals surface area contributed by atoms with Gasteiger partial charge in [-0.1, -0.05) is 38.3 Å². The predicted molar refractivity (Wildman–Crippen MR) is 63.4 cm³/mol. The number of allylic oxidation sites excluding steroid dienone is 2. The van der Waals surface area contributed by atoms with E-state index in [0.717, 1.165) is 19.3 Å². The van der Waals surface area contributed by atoms with E-state index in [2.05, 4.69) is 19.1 Å². The number of aliphatic hydroxyl groups excluding tert-OH is 1. The van der Waals surface area contributed by atoms with E-state index >= 15 is 0 Å². The zero-order chi connectivity index (χ0) is 10.6. The highest BCUT2D eigenvalue weighted by atomic mass is 16.3. The Morgan fingerprint density at radius 1 is 1.00 bits per heavy atom. The van der Waals surface area contributed by atoms with Gasteiger partial charge in [0, 0.05) is 0 Å². The fourth-order valence-electron chi connectivity index (χ4n) is 1.46. The summed E-state index contributed by atoms with van der Waals surface area (Å²) in [5, 5.41) is 9.03. The van der Waals surface area contributed by atoms with Crippen molar-refractivity contribution in [2.24, 2.45) is 0 Å². The van der Waals surface area contributed by atoms with Gasteiger partial charge in [-0.15, -0.1) is 0 Å². The molecule has 0 saturated heterocycles. The summed E-state index contributed by atoms with van der Waals surface area (Å²) < 4.78 is 0. The van der Waals surface area contributed by atoms with Crippen LogP contribution in [0.4, 0.5) is 0 Å². The van der Waals surface area contributed by atoms with Gasteiger partial charge in [0.1, 0.15) is 0 Å². The van der Waals surface area contributed by atoms with Crippen molar-refractivity contribution in [2.75, 3.05) is 0 Å². The van der Waals surface area contributed by atoms with Gasteiger partial charge in [-0.2, -0.15) is 0 Å². The number of hydrogen-bond donors (Lipinski definition) is 1. The van der Waals surface area contributed by atoms with Crippen molar-refractivity contribution in [3.05, 3.63) is 12.2 Å². The molecule has 0 aliphatic carbocycles. The van der Waals surface area contributed by atoms with Crippen molar-refractivity contribution in [3.63, 3.8) is 0 Å². The Kier molecular flexibility index (Phi) is 10.5. The van der Waals surface area contributed by atoms with Crippen LogP contribution < -0.4 is 0 Å². The molecule has 0 rings (SSSR count). The Morgan fingerprint density at radius 3 is 2.21 bits per heavy atom. The molecule has 0 aromatic heterocycles. The fraction of sp³-hybridized carbons (Fsp3) is 0.846. The number of hydrogen-bond acceptors (Lipinski definition) is 1. The van der Waals surface area contributed by atoms with Crippen LogP contribution in [0, 0.1) is 0 Å². The molecule has 0 aliphatic rings. The first kappa shape index (κ1) is 13.7. The van der Waals surface area contributed by atoms with E-state index in [0.29, 0.717) is 0 Å². The van der Waals surface area contributed by atoms with E-state index in [9.17, 15) is 0 Å². The molecule has 84 valence electrons. The van der Waals surface area contributed by atoms with Crippen molar-refractivity contribution < 1.29 is 5.11 Å². The van der Waals surface area contributed by atoms with E-state index < -0.39 is 0 Å². The van der Waals surface area contributed by atoms with Crippen LogP contribution in [0.2, 0.25) is 0 Å². The van der Waals surface area contributed by atoms with Gasteiger partial charge in [0.15, 0.2) is 0 Å². The molecule has 14 heavy (non-hydrogen) atoms. The molecule has 0 heterocycles. The summed E-state index contributed by atoms with van der Waals surface area (Å²) in [4.78, 5) is 0. The lowest BCUT2D eigenvalue weighted by Crippen LogP contribution is -1.97. The van der Waals surface area contributed by atoms with Crippen molar-refractivity contribution in [3.8, 4) is 0 Å². The maximum Gasteiger partial charge on any atom is 0.0512 e. The van der Waals surface area contributed by atoms with E-state index in [1.165, 1.54) is 32.1 Å². The number of aliphatic hydroxyl groups is 1. The van der Waals surface area contributed by atoms with E-state index in [-0.39, 0.29) is 6.10 Å². The first-order valence-corrected chi connectivity index (χ1v) is 6.10. The van der Waals surface area contributed by atoms with Crippen molar-refractivity contribution >= 4 is 0 Å². The summed E-state index contributed by atoms with van der Waals surface area (Å²) in [6.07, 6.45) is 14.2. The lowest BCUT2D eigenvalue weighted by molar-refractivity contribution is 0.182. The summed E-state index contributed by atoms with van der Waals surface area (Å²) in [5.74, 6) is 0. The average Bonchev–Trinajstić information content (AvgIpc) is 2.15. The second kappa shape index (κ2) is 10.8. The molecular formula is C13H26O. The van der Waals surface area contributed by atoms with Crippen LogP contribution in [0.1, 0.15) is 65.2 Å². The molecule has 0 amide bonds. The van der Waals surface area contributed by atoms with Gasteiger partial charge in [-0.25, -0.2) is 0 Å². The highest BCUT2D eigenvalue weighted by molar-refractivity contribution is 4.81. The molecule has 0 spiro atoms. The van der Waals surface area contributed by atoms with Crippen LogP contribution in [0.5, 0.6) is 0 Å². The van der Waals surface area contributed by atoms with Crippen LogP contribution in [0.25, 0.3) is 0 Å².